The van der Waals surface area contributed by atoms with Crippen LogP contribution in [0.25, 0.3) is 0 Å². The van der Waals surface area contributed by atoms with Crippen LogP contribution < -0.4 is 9.16 Å². The molecule has 0 spiro atoms. The molecule has 0 saturated heterocycles. The second-order valence-electron chi connectivity index (χ2n) is 8.08. The first-order chi connectivity index (χ1) is 12.0. The molecule has 0 aliphatic carbocycles. The highest BCUT2D eigenvalue weighted by Crippen LogP contribution is 2.40. The third-order valence-corrected chi connectivity index (χ3v) is 9.18. The molecule has 0 unspecified atom stereocenters. The van der Waals surface area contributed by atoms with Gasteiger partial charge in [0.05, 0.1) is 13.7 Å². The van der Waals surface area contributed by atoms with Gasteiger partial charge in [0.15, 0.2) is 5.75 Å². The monoisotopic (exact) mass is 378 g/mol. The summed E-state index contributed by atoms with van der Waals surface area (Å²) in [5.74, 6) is 1.36. The van der Waals surface area contributed by atoms with E-state index in [2.05, 4.69) is 40.4 Å². The smallest absolute Gasteiger partial charge is 0.306 e. The molecular weight excluding hydrogens is 344 g/mol. The topological polar surface area (TPSA) is 44.8 Å². The standard InChI is InChI=1S/C21H34O4Si/c1-9-24-20(22)13-10-16(2)14-17-11-12-18(19(15-17)23-6)25-26(7,8)21(3,4)5/h11-12,15H,2,9-10,13-14H2,1,3-8H3. The number of methoxy groups -OCH3 is 1. The van der Waals surface area contributed by atoms with Gasteiger partial charge in [0, 0.05) is 6.42 Å². The van der Waals surface area contributed by atoms with E-state index >= 15 is 0 Å². The van der Waals surface area contributed by atoms with Crippen molar-refractivity contribution in [3.8, 4) is 11.5 Å². The van der Waals surface area contributed by atoms with Crippen LogP contribution in [0.1, 0.15) is 46.1 Å². The van der Waals surface area contributed by atoms with Crippen molar-refractivity contribution in [3.63, 3.8) is 0 Å². The van der Waals surface area contributed by atoms with Gasteiger partial charge in [-0.1, -0.05) is 39.0 Å². The highest BCUT2D eigenvalue weighted by atomic mass is 28.4. The number of hydrogen-bond acceptors (Lipinski definition) is 4. The van der Waals surface area contributed by atoms with E-state index in [0.717, 1.165) is 22.6 Å². The predicted octanol–water partition coefficient (Wildman–Crippen LogP) is 5.52. The zero-order valence-corrected chi connectivity index (χ0v) is 18.4. The summed E-state index contributed by atoms with van der Waals surface area (Å²) in [6.45, 7) is 17.4. The number of ether oxygens (including phenoxy) is 2. The van der Waals surface area contributed by atoms with Gasteiger partial charge in [-0.15, -0.1) is 0 Å². The Labute approximate surface area is 159 Å². The molecule has 0 aromatic heterocycles. The summed E-state index contributed by atoms with van der Waals surface area (Å²) in [5, 5.41) is 0.123. The lowest BCUT2D eigenvalue weighted by molar-refractivity contribution is -0.143. The number of carbonyl (C=O) groups excluding carboxylic acids is 1. The van der Waals surface area contributed by atoms with Crippen molar-refractivity contribution in [2.75, 3.05) is 13.7 Å². The summed E-state index contributed by atoms with van der Waals surface area (Å²) in [7, 11) is -0.265. The van der Waals surface area contributed by atoms with Crippen LogP contribution in [0.2, 0.25) is 18.1 Å². The Morgan fingerprint density at radius 3 is 2.35 bits per heavy atom. The molecule has 4 nitrogen and oxygen atoms in total. The van der Waals surface area contributed by atoms with E-state index in [1.165, 1.54) is 0 Å². The van der Waals surface area contributed by atoms with Crippen LogP contribution in [0, 0.1) is 0 Å². The van der Waals surface area contributed by atoms with E-state index < -0.39 is 8.32 Å². The second-order valence-corrected chi connectivity index (χ2v) is 12.8. The molecule has 1 aromatic carbocycles. The molecule has 0 atom stereocenters. The molecule has 0 N–H and O–H groups in total. The Morgan fingerprint density at radius 2 is 1.81 bits per heavy atom. The average molecular weight is 379 g/mol. The molecule has 0 aliphatic rings. The van der Waals surface area contributed by atoms with Crippen molar-refractivity contribution in [2.45, 2.75) is 65.1 Å². The third-order valence-electron chi connectivity index (χ3n) is 4.84. The molecule has 0 aliphatic heterocycles. The van der Waals surface area contributed by atoms with Crippen LogP contribution in [0.4, 0.5) is 0 Å². The Morgan fingerprint density at radius 1 is 1.15 bits per heavy atom. The van der Waals surface area contributed by atoms with E-state index in [-0.39, 0.29) is 11.0 Å². The fourth-order valence-corrected chi connectivity index (χ4v) is 3.25. The van der Waals surface area contributed by atoms with Crippen molar-refractivity contribution in [2.24, 2.45) is 0 Å². The Kier molecular flexibility index (Phi) is 7.94. The van der Waals surface area contributed by atoms with Crippen molar-refractivity contribution < 1.29 is 18.7 Å². The largest absolute Gasteiger partial charge is 0.541 e. The first kappa shape index (κ1) is 22.3. The van der Waals surface area contributed by atoms with E-state index in [1.54, 1.807) is 7.11 Å². The van der Waals surface area contributed by atoms with Crippen LogP contribution >= 0.6 is 0 Å². The number of hydrogen-bond donors (Lipinski definition) is 0. The Bertz CT molecular complexity index is 629. The first-order valence-corrected chi connectivity index (χ1v) is 12.1. The van der Waals surface area contributed by atoms with Crippen molar-refractivity contribution in [3.05, 3.63) is 35.9 Å². The normalized spacial score (nSPS) is 11.8. The number of benzene rings is 1. The van der Waals surface area contributed by atoms with E-state index in [0.29, 0.717) is 25.9 Å². The summed E-state index contributed by atoms with van der Waals surface area (Å²) < 4.78 is 16.9. The zero-order chi connectivity index (χ0) is 20.0. The minimum Gasteiger partial charge on any atom is -0.541 e. The maximum Gasteiger partial charge on any atom is 0.306 e. The van der Waals surface area contributed by atoms with Crippen LogP contribution in [0.15, 0.2) is 30.4 Å². The van der Waals surface area contributed by atoms with Gasteiger partial charge in [-0.2, -0.15) is 0 Å². The van der Waals surface area contributed by atoms with Gasteiger partial charge in [0.1, 0.15) is 5.75 Å². The van der Waals surface area contributed by atoms with Gasteiger partial charge in [-0.25, -0.2) is 0 Å². The van der Waals surface area contributed by atoms with Gasteiger partial charge in [0.25, 0.3) is 8.32 Å². The second kappa shape index (κ2) is 9.26. The van der Waals surface area contributed by atoms with E-state index in [4.69, 9.17) is 13.9 Å². The number of carbonyl (C=O) groups is 1. The minimum absolute atomic E-state index is 0.123. The Hall–Kier alpha value is -1.75. The van der Waals surface area contributed by atoms with Crippen LogP contribution in [0.3, 0.4) is 0 Å². The summed E-state index contributed by atoms with van der Waals surface area (Å²) >= 11 is 0. The molecule has 0 radical (unpaired) electrons. The number of esters is 1. The molecule has 0 saturated carbocycles. The molecule has 1 aromatic rings. The van der Waals surface area contributed by atoms with Crippen molar-refractivity contribution >= 4 is 14.3 Å². The average Bonchev–Trinajstić information content (AvgIpc) is 2.53. The molecule has 0 amide bonds. The molecule has 0 bridgehead atoms. The third kappa shape index (κ3) is 6.52. The van der Waals surface area contributed by atoms with Gasteiger partial charge in [-0.05, 0) is 55.6 Å². The van der Waals surface area contributed by atoms with Gasteiger partial charge < -0.3 is 13.9 Å². The minimum atomic E-state index is -1.92. The lowest BCUT2D eigenvalue weighted by Gasteiger charge is -2.36. The van der Waals surface area contributed by atoms with Crippen LogP contribution in [0.5, 0.6) is 11.5 Å². The first-order valence-electron chi connectivity index (χ1n) is 9.18. The van der Waals surface area contributed by atoms with Gasteiger partial charge in [-0.3, -0.25) is 4.79 Å². The molecular formula is C21H34O4Si. The summed E-state index contributed by atoms with van der Waals surface area (Å²) in [6, 6.07) is 6.02. The summed E-state index contributed by atoms with van der Waals surface area (Å²) in [6.07, 6.45) is 1.70. The number of rotatable bonds is 9. The number of allylic oxidation sites excluding steroid dienone is 1. The van der Waals surface area contributed by atoms with E-state index in [1.807, 2.05) is 25.1 Å². The quantitative estimate of drug-likeness (QED) is 0.322. The molecule has 1 rings (SSSR count). The Balaban J connectivity index is 2.80. The predicted molar refractivity (Wildman–Crippen MR) is 110 cm³/mol. The van der Waals surface area contributed by atoms with Crippen LogP contribution in [-0.4, -0.2) is 28.0 Å². The molecule has 26 heavy (non-hydrogen) atoms. The molecule has 5 heteroatoms. The van der Waals surface area contributed by atoms with Crippen molar-refractivity contribution in [1.82, 2.24) is 0 Å². The zero-order valence-electron chi connectivity index (χ0n) is 17.4. The molecule has 0 heterocycles. The summed E-state index contributed by atoms with van der Waals surface area (Å²) in [5.41, 5.74) is 2.09. The maximum atomic E-state index is 11.5. The lowest BCUT2D eigenvalue weighted by atomic mass is 10.0. The lowest BCUT2D eigenvalue weighted by Crippen LogP contribution is -2.43. The molecule has 146 valence electrons. The maximum absolute atomic E-state index is 11.5. The highest BCUT2D eigenvalue weighted by Gasteiger charge is 2.39. The SMILES string of the molecule is C=C(CCC(=O)OCC)Cc1ccc(O[Si](C)(C)C(C)(C)C)c(OC)c1. The highest BCUT2D eigenvalue weighted by molar-refractivity contribution is 6.74. The van der Waals surface area contributed by atoms with E-state index in [9.17, 15) is 4.79 Å². The van der Waals surface area contributed by atoms with Gasteiger partial charge >= 0.3 is 5.97 Å². The molecule has 0 fully saturated rings. The van der Waals surface area contributed by atoms with Gasteiger partial charge in [0.2, 0.25) is 0 Å². The summed E-state index contributed by atoms with van der Waals surface area (Å²) in [4.78, 5) is 11.5. The fourth-order valence-electron chi connectivity index (χ4n) is 2.22. The fraction of sp³-hybridized carbons (Fsp3) is 0.571. The van der Waals surface area contributed by atoms with Crippen molar-refractivity contribution in [1.29, 1.82) is 0 Å². The van der Waals surface area contributed by atoms with Crippen LogP contribution in [-0.2, 0) is 16.0 Å².